The van der Waals surface area contributed by atoms with E-state index in [1.807, 2.05) is 13.0 Å². The number of rotatable bonds is 5. The zero-order valence-electron chi connectivity index (χ0n) is 18.0. The number of carbonyl (C=O) groups is 1. The van der Waals surface area contributed by atoms with E-state index in [-0.39, 0.29) is 18.6 Å². The number of hydrogen-bond acceptors (Lipinski definition) is 7. The minimum Gasteiger partial charge on any atom is -0.444 e. The number of ether oxygens (including phenoxy) is 1. The highest BCUT2D eigenvalue weighted by atomic mass is 32.1. The molecule has 0 spiro atoms. The molecule has 9 nitrogen and oxygen atoms in total. The van der Waals surface area contributed by atoms with Crippen molar-refractivity contribution in [1.82, 2.24) is 25.1 Å². The summed E-state index contributed by atoms with van der Waals surface area (Å²) in [6.45, 7) is 10.4. The molecule has 0 radical (unpaired) electrons. The number of thiophene rings is 1. The van der Waals surface area contributed by atoms with Gasteiger partial charge < -0.3 is 14.8 Å². The van der Waals surface area contributed by atoms with Crippen LogP contribution >= 0.6 is 11.3 Å². The molecule has 0 saturated heterocycles. The second kappa shape index (κ2) is 7.84. The highest BCUT2D eigenvalue weighted by Gasteiger charge is 2.28. The minimum atomic E-state index is -1.14. The average Bonchev–Trinajstić information content (AvgIpc) is 3.17. The van der Waals surface area contributed by atoms with E-state index in [1.54, 1.807) is 40.8 Å². The van der Waals surface area contributed by atoms with Gasteiger partial charge in [-0.05, 0) is 47.6 Å². The maximum absolute atomic E-state index is 12.7. The zero-order chi connectivity index (χ0) is 22.3. The fourth-order valence-electron chi connectivity index (χ4n) is 2.95. The Morgan fingerprint density at radius 1 is 1.30 bits per heavy atom. The molecule has 10 heteroatoms. The Bertz CT molecular complexity index is 1120. The molecule has 3 N–H and O–H groups in total. The van der Waals surface area contributed by atoms with Crippen molar-refractivity contribution >= 4 is 27.6 Å². The monoisotopic (exact) mass is 433 g/mol. The van der Waals surface area contributed by atoms with Gasteiger partial charge in [-0.1, -0.05) is 0 Å². The van der Waals surface area contributed by atoms with Crippen LogP contribution in [0.25, 0.3) is 20.7 Å². The maximum atomic E-state index is 12.7. The van der Waals surface area contributed by atoms with E-state index >= 15 is 0 Å². The van der Waals surface area contributed by atoms with Crippen molar-refractivity contribution in [3.05, 3.63) is 34.1 Å². The fourth-order valence-corrected chi connectivity index (χ4v) is 4.01. The van der Waals surface area contributed by atoms with Crippen LogP contribution < -0.4 is 5.56 Å². The number of nitrogens with one attached hydrogen (secondary N) is 2. The molecule has 3 heterocycles. The molecule has 30 heavy (non-hydrogen) atoms. The van der Waals surface area contributed by atoms with Crippen LogP contribution in [0.4, 0.5) is 4.79 Å². The van der Waals surface area contributed by atoms with Gasteiger partial charge >= 0.3 is 6.09 Å². The Hall–Kier alpha value is -2.72. The summed E-state index contributed by atoms with van der Waals surface area (Å²) in [7, 11) is 0. The van der Waals surface area contributed by atoms with E-state index in [2.05, 4.69) is 20.2 Å². The summed E-state index contributed by atoms with van der Waals surface area (Å²) in [6.07, 6.45) is 1.12. The SMILES string of the molecule is Cc1[nH]ncc1-c1cc2nc(CN(CC(C)(C)O)C(=O)OC(C)(C)C)[nH]c(=O)c2s1. The van der Waals surface area contributed by atoms with Crippen molar-refractivity contribution in [3.63, 3.8) is 0 Å². The summed E-state index contributed by atoms with van der Waals surface area (Å²) in [5.41, 5.74) is 0.248. The molecule has 0 atom stereocenters. The zero-order valence-corrected chi connectivity index (χ0v) is 18.8. The molecule has 1 amide bonds. The molecule has 3 aromatic heterocycles. The molecular formula is C20H27N5O4S. The lowest BCUT2D eigenvalue weighted by atomic mass is 10.1. The summed E-state index contributed by atoms with van der Waals surface area (Å²) in [5, 5.41) is 17.1. The van der Waals surface area contributed by atoms with Gasteiger partial charge in [0, 0.05) is 16.1 Å². The molecule has 0 bridgehead atoms. The molecule has 0 fully saturated rings. The number of fused-ring (bicyclic) bond motifs is 1. The van der Waals surface area contributed by atoms with Crippen LogP contribution in [0.1, 0.15) is 46.1 Å². The van der Waals surface area contributed by atoms with Crippen LogP contribution in [0.2, 0.25) is 0 Å². The van der Waals surface area contributed by atoms with E-state index in [0.717, 1.165) is 16.1 Å². The third kappa shape index (κ3) is 5.25. The van der Waals surface area contributed by atoms with Crippen molar-refractivity contribution in [2.75, 3.05) is 6.54 Å². The Labute approximate surface area is 178 Å². The molecule has 0 aromatic carbocycles. The molecule has 3 rings (SSSR count). The first-order chi connectivity index (χ1) is 13.8. The lowest BCUT2D eigenvalue weighted by Gasteiger charge is -2.31. The second-order valence-corrected chi connectivity index (χ2v) is 9.95. The van der Waals surface area contributed by atoms with Crippen LogP contribution in [0.15, 0.2) is 17.1 Å². The number of aryl methyl sites for hydroxylation is 1. The number of H-pyrrole nitrogens is 2. The van der Waals surface area contributed by atoms with Gasteiger partial charge in [0.1, 0.15) is 16.1 Å². The molecule has 0 aliphatic heterocycles. The van der Waals surface area contributed by atoms with Gasteiger partial charge in [0.2, 0.25) is 0 Å². The Morgan fingerprint density at radius 2 is 2.00 bits per heavy atom. The van der Waals surface area contributed by atoms with Crippen LogP contribution in [-0.4, -0.2) is 54.0 Å². The van der Waals surface area contributed by atoms with E-state index in [0.29, 0.717) is 16.0 Å². The van der Waals surface area contributed by atoms with Crippen LogP contribution in [-0.2, 0) is 11.3 Å². The number of hydrogen-bond donors (Lipinski definition) is 3. The number of amides is 1. The van der Waals surface area contributed by atoms with Crippen LogP contribution in [0.3, 0.4) is 0 Å². The summed E-state index contributed by atoms with van der Waals surface area (Å²) in [6, 6.07) is 1.84. The van der Waals surface area contributed by atoms with Gasteiger partial charge in [0.05, 0.1) is 30.4 Å². The van der Waals surface area contributed by atoms with E-state index in [4.69, 9.17) is 4.74 Å². The normalized spacial score (nSPS) is 12.4. The minimum absolute atomic E-state index is 0.00000142. The van der Waals surface area contributed by atoms with Crippen molar-refractivity contribution in [2.24, 2.45) is 0 Å². The summed E-state index contributed by atoms with van der Waals surface area (Å²) in [4.78, 5) is 34.8. The van der Waals surface area contributed by atoms with E-state index in [1.165, 1.54) is 16.2 Å². The average molecular weight is 434 g/mol. The predicted octanol–water partition coefficient (Wildman–Crippen LogP) is 3.19. The third-order valence-corrected chi connectivity index (χ3v) is 5.25. The van der Waals surface area contributed by atoms with Gasteiger partial charge in [-0.3, -0.25) is 14.8 Å². The van der Waals surface area contributed by atoms with E-state index < -0.39 is 17.3 Å². The molecular weight excluding hydrogens is 406 g/mol. The summed E-state index contributed by atoms with van der Waals surface area (Å²) < 4.78 is 5.95. The molecule has 0 aliphatic carbocycles. The van der Waals surface area contributed by atoms with Gasteiger partial charge in [-0.15, -0.1) is 11.3 Å². The maximum Gasteiger partial charge on any atom is 0.410 e. The molecule has 0 unspecified atom stereocenters. The van der Waals surface area contributed by atoms with E-state index in [9.17, 15) is 14.7 Å². The number of aromatic nitrogens is 4. The first kappa shape index (κ1) is 22.0. The van der Waals surface area contributed by atoms with Crippen molar-refractivity contribution in [1.29, 1.82) is 0 Å². The van der Waals surface area contributed by atoms with Gasteiger partial charge in [0.15, 0.2) is 0 Å². The Morgan fingerprint density at radius 3 is 2.57 bits per heavy atom. The van der Waals surface area contributed by atoms with Crippen molar-refractivity contribution < 1.29 is 14.6 Å². The molecule has 0 aliphatic rings. The van der Waals surface area contributed by atoms with Gasteiger partial charge in [0.25, 0.3) is 5.56 Å². The molecule has 0 saturated carbocycles. The van der Waals surface area contributed by atoms with Crippen molar-refractivity contribution in [2.45, 2.75) is 59.3 Å². The first-order valence-electron chi connectivity index (χ1n) is 9.56. The third-order valence-electron chi connectivity index (χ3n) is 4.10. The van der Waals surface area contributed by atoms with Crippen LogP contribution in [0.5, 0.6) is 0 Å². The highest BCUT2D eigenvalue weighted by molar-refractivity contribution is 7.22. The predicted molar refractivity (Wildman–Crippen MR) is 116 cm³/mol. The topological polar surface area (TPSA) is 124 Å². The number of carbonyl (C=O) groups excluding carboxylic acids is 1. The first-order valence-corrected chi connectivity index (χ1v) is 10.4. The Balaban J connectivity index is 1.94. The van der Waals surface area contributed by atoms with Crippen LogP contribution in [0, 0.1) is 6.92 Å². The second-order valence-electron chi connectivity index (χ2n) is 8.90. The van der Waals surface area contributed by atoms with Crippen molar-refractivity contribution in [3.8, 4) is 10.4 Å². The smallest absolute Gasteiger partial charge is 0.410 e. The summed E-state index contributed by atoms with van der Waals surface area (Å²) >= 11 is 1.34. The van der Waals surface area contributed by atoms with Gasteiger partial charge in [-0.2, -0.15) is 5.10 Å². The molecule has 162 valence electrons. The fraction of sp³-hybridized carbons (Fsp3) is 0.500. The van der Waals surface area contributed by atoms with Gasteiger partial charge in [-0.25, -0.2) is 9.78 Å². The standard InChI is InChI=1S/C20H27N5O4S/c1-11-12(8-21-24-11)14-7-13-16(30-14)17(26)23-15(22-13)9-25(10-20(5,6)28)18(27)29-19(2,3)4/h7-8,28H,9-10H2,1-6H3,(H,21,24)(H,22,23,26). The number of aromatic amines is 2. The highest BCUT2D eigenvalue weighted by Crippen LogP contribution is 2.32. The summed E-state index contributed by atoms with van der Waals surface area (Å²) in [5.74, 6) is 0.316. The lowest BCUT2D eigenvalue weighted by molar-refractivity contribution is -0.00608. The number of aliphatic hydroxyl groups is 1. The quantitative estimate of drug-likeness (QED) is 0.568. The number of nitrogens with zero attached hydrogens (tertiary/aromatic N) is 3. The Kier molecular flexibility index (Phi) is 5.74. The lowest BCUT2D eigenvalue weighted by Crippen LogP contribution is -2.44. The largest absolute Gasteiger partial charge is 0.444 e. The molecule has 3 aromatic rings.